The average molecular weight is 479 g/mol. The highest BCUT2D eigenvalue weighted by molar-refractivity contribution is 7.91. The van der Waals surface area contributed by atoms with Gasteiger partial charge in [0.2, 0.25) is 0 Å². The number of carbonyl (C=O) groups excluding carboxylic acids is 1. The summed E-state index contributed by atoms with van der Waals surface area (Å²) in [5, 5.41) is 4.67. The quantitative estimate of drug-likeness (QED) is 0.563. The molecule has 0 radical (unpaired) electrons. The minimum atomic E-state index is -3.07. The van der Waals surface area contributed by atoms with Crippen LogP contribution < -0.4 is 0 Å². The number of hydrogen-bond acceptors (Lipinski definition) is 5. The van der Waals surface area contributed by atoms with Gasteiger partial charge >= 0.3 is 0 Å². The molecule has 0 saturated carbocycles. The number of sulfone groups is 1. The smallest absolute Gasteiger partial charge is 0.274 e. The van der Waals surface area contributed by atoms with Gasteiger partial charge in [0.25, 0.3) is 5.91 Å². The molecule has 2 fully saturated rings. The van der Waals surface area contributed by atoms with Gasteiger partial charge in [-0.15, -0.1) is 0 Å². The largest absolute Gasteiger partial charge is 0.335 e. The second-order valence-electron chi connectivity index (χ2n) is 9.34. The monoisotopic (exact) mass is 478 g/mol. The fraction of sp³-hybridized carbons (Fsp3) is 0.385. The summed E-state index contributed by atoms with van der Waals surface area (Å²) in [6.07, 6.45) is 0.522. The lowest BCUT2D eigenvalue weighted by atomic mass is 10.1. The first-order valence-corrected chi connectivity index (χ1v) is 13.6. The van der Waals surface area contributed by atoms with Gasteiger partial charge < -0.3 is 4.90 Å². The fourth-order valence-electron chi connectivity index (χ4n) is 4.80. The summed E-state index contributed by atoms with van der Waals surface area (Å²) in [4.78, 5) is 17.6. The van der Waals surface area contributed by atoms with Gasteiger partial charge in [-0.25, -0.2) is 8.42 Å². The third-order valence-corrected chi connectivity index (χ3v) is 8.52. The molecule has 34 heavy (non-hydrogen) atoms. The van der Waals surface area contributed by atoms with Gasteiger partial charge in [-0.2, -0.15) is 5.10 Å². The molecule has 8 heteroatoms. The number of nitrogens with zero attached hydrogens (tertiary/aromatic N) is 4. The van der Waals surface area contributed by atoms with Crippen LogP contribution in [0.15, 0.2) is 60.7 Å². The standard InChI is InChI=1S/C26H30N4O3S/c1-20-7-9-22(10-8-20)25-17-24(27-30(25)23-11-16-34(32,33)19-23)26(31)29-14-12-28(13-15-29)18-21-5-3-2-4-6-21/h2-10,17,23H,11-16,18-19H2,1H3/t23-/m1/s1. The predicted octanol–water partition coefficient (Wildman–Crippen LogP) is 3.18. The van der Waals surface area contributed by atoms with Crippen LogP contribution >= 0.6 is 0 Å². The number of benzene rings is 2. The van der Waals surface area contributed by atoms with Crippen molar-refractivity contribution in [3.8, 4) is 11.3 Å². The summed E-state index contributed by atoms with van der Waals surface area (Å²) in [5.74, 6) is 0.143. The van der Waals surface area contributed by atoms with Crippen LogP contribution in [-0.4, -0.2) is 71.6 Å². The highest BCUT2D eigenvalue weighted by atomic mass is 32.2. The molecule has 0 bridgehead atoms. The van der Waals surface area contributed by atoms with Crippen molar-refractivity contribution in [1.82, 2.24) is 19.6 Å². The minimum Gasteiger partial charge on any atom is -0.335 e. The van der Waals surface area contributed by atoms with E-state index in [-0.39, 0.29) is 23.5 Å². The van der Waals surface area contributed by atoms with Crippen LogP contribution in [0, 0.1) is 6.92 Å². The third-order valence-electron chi connectivity index (χ3n) is 6.76. The summed E-state index contributed by atoms with van der Waals surface area (Å²) in [6.45, 7) is 5.83. The Hall–Kier alpha value is -2.97. The van der Waals surface area contributed by atoms with Gasteiger partial charge in [-0.05, 0) is 30.5 Å². The third kappa shape index (κ3) is 4.93. The second-order valence-corrected chi connectivity index (χ2v) is 11.6. The zero-order valence-corrected chi connectivity index (χ0v) is 20.2. The van der Waals surface area contributed by atoms with E-state index in [0.29, 0.717) is 25.2 Å². The summed E-state index contributed by atoms with van der Waals surface area (Å²) in [5.41, 5.74) is 4.54. The summed E-state index contributed by atoms with van der Waals surface area (Å²) in [6, 6.07) is 20.0. The number of hydrogen-bond donors (Lipinski definition) is 0. The maximum absolute atomic E-state index is 13.4. The lowest BCUT2D eigenvalue weighted by Crippen LogP contribution is -2.48. The van der Waals surface area contributed by atoms with Gasteiger partial charge in [-0.1, -0.05) is 60.2 Å². The Morgan fingerprint density at radius 2 is 1.71 bits per heavy atom. The van der Waals surface area contributed by atoms with Crippen molar-refractivity contribution >= 4 is 15.7 Å². The van der Waals surface area contributed by atoms with Gasteiger partial charge in [0.1, 0.15) is 0 Å². The number of amides is 1. The van der Waals surface area contributed by atoms with Crippen molar-refractivity contribution in [3.63, 3.8) is 0 Å². The normalized spacial score (nSPS) is 20.5. The first kappa shape index (κ1) is 22.8. The molecular weight excluding hydrogens is 448 g/mol. The zero-order chi connectivity index (χ0) is 23.7. The van der Waals surface area contributed by atoms with Crippen molar-refractivity contribution in [2.45, 2.75) is 25.9 Å². The SMILES string of the molecule is Cc1ccc(-c2cc(C(=O)N3CCN(Cc4ccccc4)CC3)nn2[C@@H]2CCS(=O)(=O)C2)cc1. The molecular formula is C26H30N4O3S. The molecule has 0 aliphatic carbocycles. The molecule has 3 aromatic rings. The minimum absolute atomic E-state index is 0.0688. The first-order chi connectivity index (χ1) is 16.4. The van der Waals surface area contributed by atoms with Gasteiger partial charge in [0.05, 0.1) is 23.2 Å². The van der Waals surface area contributed by atoms with Gasteiger partial charge in [-0.3, -0.25) is 14.4 Å². The molecule has 2 aromatic carbocycles. The highest BCUT2D eigenvalue weighted by Gasteiger charge is 2.33. The number of aromatic nitrogens is 2. The van der Waals surface area contributed by atoms with Crippen LogP contribution in [0.2, 0.25) is 0 Å². The molecule has 0 unspecified atom stereocenters. The Bertz CT molecular complexity index is 1260. The Morgan fingerprint density at radius 1 is 1.00 bits per heavy atom. The molecule has 2 aliphatic heterocycles. The van der Waals surface area contributed by atoms with Crippen molar-refractivity contribution in [2.75, 3.05) is 37.7 Å². The summed E-state index contributed by atoms with van der Waals surface area (Å²) in [7, 11) is -3.07. The van der Waals surface area contributed by atoms with Gasteiger partial charge in [0.15, 0.2) is 15.5 Å². The second kappa shape index (κ2) is 9.35. The molecule has 178 valence electrons. The van der Waals surface area contributed by atoms with Crippen LogP contribution in [0.3, 0.4) is 0 Å². The Labute approximate surface area is 200 Å². The van der Waals surface area contributed by atoms with Crippen LogP contribution in [0.1, 0.15) is 34.1 Å². The number of piperazine rings is 1. The number of carbonyl (C=O) groups is 1. The molecule has 7 nitrogen and oxygen atoms in total. The van der Waals surface area contributed by atoms with Crippen LogP contribution in [-0.2, 0) is 16.4 Å². The molecule has 2 aliphatic rings. The van der Waals surface area contributed by atoms with E-state index in [2.05, 4.69) is 22.1 Å². The van der Waals surface area contributed by atoms with E-state index in [1.807, 2.05) is 60.4 Å². The van der Waals surface area contributed by atoms with E-state index in [0.717, 1.165) is 36.5 Å². The summed E-state index contributed by atoms with van der Waals surface area (Å²) < 4.78 is 26.0. The van der Waals surface area contributed by atoms with Crippen molar-refractivity contribution in [2.24, 2.45) is 0 Å². The van der Waals surface area contributed by atoms with Gasteiger partial charge in [0, 0.05) is 32.7 Å². The fourth-order valence-corrected chi connectivity index (χ4v) is 6.49. The molecule has 1 amide bonds. The van der Waals surface area contributed by atoms with E-state index in [9.17, 15) is 13.2 Å². The maximum atomic E-state index is 13.4. The molecule has 3 heterocycles. The Balaban J connectivity index is 1.34. The predicted molar refractivity (Wildman–Crippen MR) is 132 cm³/mol. The Morgan fingerprint density at radius 3 is 2.35 bits per heavy atom. The molecule has 0 N–H and O–H groups in total. The molecule has 5 rings (SSSR count). The summed E-state index contributed by atoms with van der Waals surface area (Å²) >= 11 is 0. The molecule has 0 spiro atoms. The van der Waals surface area contributed by atoms with Crippen molar-refractivity contribution in [1.29, 1.82) is 0 Å². The van der Waals surface area contributed by atoms with E-state index >= 15 is 0 Å². The van der Waals surface area contributed by atoms with E-state index in [4.69, 9.17) is 0 Å². The van der Waals surface area contributed by atoms with Crippen LogP contribution in [0.25, 0.3) is 11.3 Å². The zero-order valence-electron chi connectivity index (χ0n) is 19.4. The van der Waals surface area contributed by atoms with Crippen molar-refractivity contribution in [3.05, 3.63) is 77.5 Å². The molecule has 2 saturated heterocycles. The first-order valence-electron chi connectivity index (χ1n) is 11.8. The lowest BCUT2D eigenvalue weighted by molar-refractivity contribution is 0.0621. The molecule has 1 atom stereocenters. The average Bonchev–Trinajstić information content (AvgIpc) is 3.44. The lowest BCUT2D eigenvalue weighted by Gasteiger charge is -2.34. The highest BCUT2D eigenvalue weighted by Crippen LogP contribution is 2.30. The molecule has 1 aromatic heterocycles. The Kier molecular flexibility index (Phi) is 6.27. The number of rotatable bonds is 5. The van der Waals surface area contributed by atoms with E-state index < -0.39 is 9.84 Å². The van der Waals surface area contributed by atoms with Crippen molar-refractivity contribution < 1.29 is 13.2 Å². The van der Waals surface area contributed by atoms with E-state index in [1.165, 1.54) is 5.56 Å². The van der Waals surface area contributed by atoms with Crippen LogP contribution in [0.5, 0.6) is 0 Å². The maximum Gasteiger partial charge on any atom is 0.274 e. The number of aryl methyl sites for hydroxylation is 1. The topological polar surface area (TPSA) is 75.5 Å². The van der Waals surface area contributed by atoms with Crippen LogP contribution in [0.4, 0.5) is 0 Å². The van der Waals surface area contributed by atoms with E-state index in [1.54, 1.807) is 4.68 Å².